The Morgan fingerprint density at radius 3 is 2.89 bits per heavy atom. The van der Waals surface area contributed by atoms with Crippen molar-refractivity contribution >= 4 is 27.3 Å². The number of rotatable bonds is 2. The van der Waals surface area contributed by atoms with Gasteiger partial charge in [-0.3, -0.25) is 0 Å². The maximum absolute atomic E-state index is 12.5. The molecule has 0 saturated heterocycles. The molecule has 0 saturated carbocycles. The van der Waals surface area contributed by atoms with E-state index in [1.165, 1.54) is 28.2 Å². The summed E-state index contributed by atoms with van der Waals surface area (Å²) in [5, 5.41) is 4.74. The van der Waals surface area contributed by atoms with Gasteiger partial charge in [0.25, 0.3) is 10.0 Å². The van der Waals surface area contributed by atoms with Crippen molar-refractivity contribution in [2.45, 2.75) is 24.1 Å². The van der Waals surface area contributed by atoms with Gasteiger partial charge in [-0.05, 0) is 13.3 Å². The normalized spacial score (nSPS) is 15.7. The Balaban J connectivity index is 2.07. The van der Waals surface area contributed by atoms with Gasteiger partial charge in [0.05, 0.1) is 11.2 Å². The maximum Gasteiger partial charge on any atom is 0.277 e. The molecule has 0 aromatic carbocycles. The van der Waals surface area contributed by atoms with Gasteiger partial charge in [0.2, 0.25) is 5.95 Å². The molecule has 2 aromatic rings. The van der Waals surface area contributed by atoms with E-state index in [2.05, 4.69) is 15.1 Å². The van der Waals surface area contributed by atoms with E-state index in [9.17, 15) is 8.42 Å². The van der Waals surface area contributed by atoms with Crippen LogP contribution in [-0.2, 0) is 16.6 Å². The number of aryl methyl sites for hydroxylation is 2. The number of anilines is 1. The van der Waals surface area contributed by atoms with Crippen LogP contribution in [-0.4, -0.2) is 34.7 Å². The summed E-state index contributed by atoms with van der Waals surface area (Å²) >= 11 is 1.17. The minimum atomic E-state index is -3.56. The number of nitrogens with zero attached hydrogens (tertiary/aromatic N) is 5. The van der Waals surface area contributed by atoms with Crippen LogP contribution in [0.5, 0.6) is 0 Å². The van der Waals surface area contributed by atoms with Crippen molar-refractivity contribution < 1.29 is 8.42 Å². The van der Waals surface area contributed by atoms with Gasteiger partial charge in [-0.2, -0.15) is 10.1 Å². The third-order valence-corrected chi connectivity index (χ3v) is 5.82. The first kappa shape index (κ1) is 11.6. The topological polar surface area (TPSA) is 81.0 Å². The number of fused-ring (bicyclic) bond motifs is 1. The first-order chi connectivity index (χ1) is 8.59. The minimum absolute atomic E-state index is 0.247. The average molecular weight is 285 g/mol. The molecule has 0 fully saturated rings. The molecule has 3 rings (SSSR count). The SMILES string of the molecule is Cc1ncc(S(=O)(=O)N2CCCn3ncnc32)s1. The summed E-state index contributed by atoms with van der Waals surface area (Å²) < 4.78 is 28.1. The molecule has 0 radical (unpaired) electrons. The predicted octanol–water partition coefficient (Wildman–Crippen LogP) is 0.642. The third kappa shape index (κ3) is 1.70. The molecule has 0 unspecified atom stereocenters. The van der Waals surface area contributed by atoms with Gasteiger partial charge in [-0.1, -0.05) is 0 Å². The first-order valence-corrected chi connectivity index (χ1v) is 7.67. The van der Waals surface area contributed by atoms with E-state index in [0.29, 0.717) is 19.0 Å². The van der Waals surface area contributed by atoms with Gasteiger partial charge in [0, 0.05) is 13.1 Å². The van der Waals surface area contributed by atoms with Crippen LogP contribution >= 0.6 is 11.3 Å². The highest BCUT2D eigenvalue weighted by Gasteiger charge is 2.32. The summed E-state index contributed by atoms with van der Waals surface area (Å²) in [5.41, 5.74) is 0. The monoisotopic (exact) mass is 285 g/mol. The number of hydrogen-bond donors (Lipinski definition) is 0. The lowest BCUT2D eigenvalue weighted by atomic mass is 10.4. The predicted molar refractivity (Wildman–Crippen MR) is 66.0 cm³/mol. The Hall–Kier alpha value is -1.48. The molecule has 0 atom stereocenters. The zero-order chi connectivity index (χ0) is 12.8. The van der Waals surface area contributed by atoms with E-state index < -0.39 is 10.0 Å². The highest BCUT2D eigenvalue weighted by atomic mass is 32.2. The van der Waals surface area contributed by atoms with Gasteiger partial charge in [0.15, 0.2) is 4.21 Å². The van der Waals surface area contributed by atoms with Crippen LogP contribution in [0.1, 0.15) is 11.4 Å². The van der Waals surface area contributed by atoms with Crippen LogP contribution in [0, 0.1) is 6.92 Å². The van der Waals surface area contributed by atoms with Crippen molar-refractivity contribution in [1.82, 2.24) is 19.7 Å². The molecular formula is C9H11N5O2S2. The van der Waals surface area contributed by atoms with Crippen LogP contribution in [0.25, 0.3) is 0 Å². The lowest BCUT2D eigenvalue weighted by Crippen LogP contribution is -2.37. The van der Waals surface area contributed by atoms with Crippen molar-refractivity contribution in [2.24, 2.45) is 0 Å². The fraction of sp³-hybridized carbons (Fsp3) is 0.444. The Kier molecular flexibility index (Phi) is 2.59. The summed E-state index contributed by atoms with van der Waals surface area (Å²) in [6, 6.07) is 0. The molecule has 2 aromatic heterocycles. The van der Waals surface area contributed by atoms with Crippen molar-refractivity contribution in [3.63, 3.8) is 0 Å². The second-order valence-electron chi connectivity index (χ2n) is 3.91. The lowest BCUT2D eigenvalue weighted by molar-refractivity contribution is 0.530. The summed E-state index contributed by atoms with van der Waals surface area (Å²) in [5.74, 6) is 0.382. The highest BCUT2D eigenvalue weighted by Crippen LogP contribution is 2.27. The van der Waals surface area contributed by atoms with E-state index in [4.69, 9.17) is 0 Å². The second kappa shape index (κ2) is 4.02. The van der Waals surface area contributed by atoms with E-state index in [-0.39, 0.29) is 4.21 Å². The van der Waals surface area contributed by atoms with E-state index in [1.54, 1.807) is 11.6 Å². The number of hydrogen-bond acceptors (Lipinski definition) is 6. The van der Waals surface area contributed by atoms with Gasteiger partial charge >= 0.3 is 0 Å². The molecule has 18 heavy (non-hydrogen) atoms. The molecule has 1 aliphatic heterocycles. The molecule has 0 amide bonds. The fourth-order valence-electron chi connectivity index (χ4n) is 1.87. The largest absolute Gasteiger partial charge is 0.277 e. The van der Waals surface area contributed by atoms with E-state index >= 15 is 0 Å². The Morgan fingerprint density at radius 2 is 2.17 bits per heavy atom. The molecule has 7 nitrogen and oxygen atoms in total. The van der Waals surface area contributed by atoms with Gasteiger partial charge in [0.1, 0.15) is 6.33 Å². The van der Waals surface area contributed by atoms with Gasteiger partial charge in [-0.15, -0.1) is 11.3 Å². The van der Waals surface area contributed by atoms with E-state index in [1.807, 2.05) is 0 Å². The van der Waals surface area contributed by atoms with Crippen LogP contribution in [0.3, 0.4) is 0 Å². The highest BCUT2D eigenvalue weighted by molar-refractivity contribution is 7.94. The zero-order valence-electron chi connectivity index (χ0n) is 9.65. The number of sulfonamides is 1. The van der Waals surface area contributed by atoms with Crippen molar-refractivity contribution in [3.8, 4) is 0 Å². The number of aromatic nitrogens is 4. The Morgan fingerprint density at radius 1 is 1.33 bits per heavy atom. The molecule has 0 bridgehead atoms. The summed E-state index contributed by atoms with van der Waals surface area (Å²) in [4.78, 5) is 8.01. The van der Waals surface area contributed by atoms with E-state index in [0.717, 1.165) is 11.4 Å². The number of thiazole rings is 1. The first-order valence-electron chi connectivity index (χ1n) is 5.42. The summed E-state index contributed by atoms with van der Waals surface area (Å²) in [6.45, 7) is 2.91. The molecule has 0 spiro atoms. The van der Waals surface area contributed by atoms with Crippen LogP contribution in [0.4, 0.5) is 5.95 Å². The zero-order valence-corrected chi connectivity index (χ0v) is 11.3. The van der Waals surface area contributed by atoms with Crippen molar-refractivity contribution in [2.75, 3.05) is 10.8 Å². The second-order valence-corrected chi connectivity index (χ2v) is 7.24. The molecule has 1 aliphatic rings. The van der Waals surface area contributed by atoms with Crippen LogP contribution in [0.15, 0.2) is 16.7 Å². The summed E-state index contributed by atoms with van der Waals surface area (Å²) in [7, 11) is -3.56. The molecule has 96 valence electrons. The van der Waals surface area contributed by atoms with Crippen LogP contribution in [0.2, 0.25) is 0 Å². The van der Waals surface area contributed by atoms with Crippen molar-refractivity contribution in [3.05, 3.63) is 17.5 Å². The molecule has 9 heteroatoms. The minimum Gasteiger partial charge on any atom is -0.249 e. The molecule has 3 heterocycles. The Labute approximate surface area is 108 Å². The Bertz CT molecular complexity index is 675. The smallest absolute Gasteiger partial charge is 0.249 e. The van der Waals surface area contributed by atoms with Gasteiger partial charge < -0.3 is 0 Å². The standard InChI is InChI=1S/C9H11N5O2S2/c1-7-10-5-8(17-7)18(15,16)14-4-2-3-13-9(14)11-6-12-13/h5-6H,2-4H2,1H3. The average Bonchev–Trinajstić information content (AvgIpc) is 2.96. The van der Waals surface area contributed by atoms with Gasteiger partial charge in [-0.25, -0.2) is 22.4 Å². The third-order valence-electron chi connectivity index (χ3n) is 2.69. The summed E-state index contributed by atoms with van der Waals surface area (Å²) in [6.07, 6.45) is 3.50. The quantitative estimate of drug-likeness (QED) is 0.809. The van der Waals surface area contributed by atoms with Crippen LogP contribution < -0.4 is 4.31 Å². The fourth-order valence-corrected chi connectivity index (χ4v) is 4.55. The van der Waals surface area contributed by atoms with Crippen molar-refractivity contribution in [1.29, 1.82) is 0 Å². The lowest BCUT2D eigenvalue weighted by Gasteiger charge is -2.26. The molecule has 0 N–H and O–H groups in total. The maximum atomic E-state index is 12.5. The molecule has 0 aliphatic carbocycles. The molecular weight excluding hydrogens is 274 g/mol.